The minimum absolute atomic E-state index is 0.319. The molecule has 0 aliphatic rings. The lowest BCUT2D eigenvalue weighted by atomic mass is 10.4. The number of carboxylic acids is 1. The van der Waals surface area contributed by atoms with E-state index in [9.17, 15) is 9.59 Å². The minimum Gasteiger partial charge on any atom is -0.480 e. The van der Waals surface area contributed by atoms with Crippen molar-refractivity contribution in [2.45, 2.75) is 6.92 Å². The number of amides is 1. The summed E-state index contributed by atoms with van der Waals surface area (Å²) in [5, 5.41) is 12.4. The molecule has 14 heavy (non-hydrogen) atoms. The molecule has 1 heterocycles. The number of hydrogen-bond donors (Lipinski definition) is 1. The Morgan fingerprint density at radius 3 is 2.64 bits per heavy atom. The van der Waals surface area contributed by atoms with Crippen LogP contribution in [0.5, 0.6) is 0 Å². The quantitative estimate of drug-likeness (QED) is 0.731. The summed E-state index contributed by atoms with van der Waals surface area (Å²) in [6.45, 7) is 0.969. The van der Waals surface area contributed by atoms with Gasteiger partial charge in [0.25, 0.3) is 0 Å². The van der Waals surface area contributed by atoms with E-state index >= 15 is 0 Å². The maximum absolute atomic E-state index is 11.1. The third-order valence-electron chi connectivity index (χ3n) is 1.68. The Morgan fingerprint density at radius 1 is 1.64 bits per heavy atom. The molecule has 1 aromatic heterocycles. The molecule has 1 N–H and O–H groups in total. The summed E-state index contributed by atoms with van der Waals surface area (Å²) >= 11 is 0. The van der Waals surface area contributed by atoms with Crippen LogP contribution in [0.1, 0.15) is 6.92 Å². The van der Waals surface area contributed by atoms with Crippen LogP contribution < -0.4 is 4.90 Å². The zero-order valence-corrected chi connectivity index (χ0v) is 7.97. The molecule has 0 aliphatic carbocycles. The Kier molecular flexibility index (Phi) is 2.85. The summed E-state index contributed by atoms with van der Waals surface area (Å²) in [6.07, 6.45) is 3.04. The lowest BCUT2D eigenvalue weighted by Crippen LogP contribution is -2.33. The molecule has 76 valence electrons. The maximum atomic E-state index is 11.1. The van der Waals surface area contributed by atoms with E-state index in [1.807, 2.05) is 0 Å². The molecular weight excluding hydrogens is 186 g/mol. The number of carbonyl (C=O) groups excluding carboxylic acids is 1. The Bertz CT molecular complexity index is 358. The maximum Gasteiger partial charge on any atom is 0.323 e. The van der Waals surface area contributed by atoms with E-state index in [4.69, 9.17) is 5.11 Å². The first-order chi connectivity index (χ1) is 6.50. The second-order valence-electron chi connectivity index (χ2n) is 2.87. The van der Waals surface area contributed by atoms with Gasteiger partial charge in [-0.15, -0.1) is 0 Å². The summed E-state index contributed by atoms with van der Waals surface area (Å²) in [6, 6.07) is 0. The first kappa shape index (κ1) is 10.2. The predicted molar refractivity (Wildman–Crippen MR) is 48.9 cm³/mol. The zero-order chi connectivity index (χ0) is 10.7. The van der Waals surface area contributed by atoms with Crippen molar-refractivity contribution in [3.8, 4) is 0 Å². The van der Waals surface area contributed by atoms with Crippen molar-refractivity contribution in [1.82, 2.24) is 9.78 Å². The molecule has 0 saturated heterocycles. The Labute approximate surface area is 80.7 Å². The number of rotatable bonds is 3. The summed E-state index contributed by atoms with van der Waals surface area (Å²) in [7, 11) is 1.70. The smallest absolute Gasteiger partial charge is 0.323 e. The van der Waals surface area contributed by atoms with Crippen LogP contribution in [0.3, 0.4) is 0 Å². The number of aryl methyl sites for hydroxylation is 1. The zero-order valence-electron chi connectivity index (χ0n) is 7.97. The number of carboxylic acid groups (broad SMARTS) is 1. The van der Waals surface area contributed by atoms with Gasteiger partial charge in [-0.05, 0) is 0 Å². The summed E-state index contributed by atoms with van der Waals surface area (Å²) in [5.74, 6) is -1.37. The van der Waals surface area contributed by atoms with E-state index in [1.165, 1.54) is 17.8 Å². The van der Waals surface area contributed by atoms with Crippen molar-refractivity contribution in [2.24, 2.45) is 7.05 Å². The predicted octanol–water partition coefficient (Wildman–Crippen LogP) is -0.142. The molecule has 6 nitrogen and oxygen atoms in total. The third kappa shape index (κ3) is 2.32. The SMILES string of the molecule is CC(=O)N(CC(=O)O)c1cnn(C)c1. The van der Waals surface area contributed by atoms with Gasteiger partial charge in [0.1, 0.15) is 6.54 Å². The highest BCUT2D eigenvalue weighted by atomic mass is 16.4. The van der Waals surface area contributed by atoms with Gasteiger partial charge in [-0.2, -0.15) is 5.10 Å². The summed E-state index contributed by atoms with van der Waals surface area (Å²) in [5.41, 5.74) is 0.488. The van der Waals surface area contributed by atoms with Crippen molar-refractivity contribution in [1.29, 1.82) is 0 Å². The molecule has 0 radical (unpaired) electrons. The van der Waals surface area contributed by atoms with Gasteiger partial charge in [0.05, 0.1) is 11.9 Å². The normalized spacial score (nSPS) is 9.86. The van der Waals surface area contributed by atoms with Crippen LogP contribution in [0.15, 0.2) is 12.4 Å². The van der Waals surface area contributed by atoms with Crippen molar-refractivity contribution in [3.63, 3.8) is 0 Å². The molecule has 0 atom stereocenters. The van der Waals surface area contributed by atoms with Gasteiger partial charge in [-0.25, -0.2) is 0 Å². The number of carbonyl (C=O) groups is 2. The molecule has 0 bridgehead atoms. The van der Waals surface area contributed by atoms with Gasteiger partial charge in [0.2, 0.25) is 5.91 Å². The fourth-order valence-electron chi connectivity index (χ4n) is 1.07. The first-order valence-corrected chi connectivity index (χ1v) is 3.99. The van der Waals surface area contributed by atoms with Crippen LogP contribution in [0, 0.1) is 0 Å². The fourth-order valence-corrected chi connectivity index (χ4v) is 1.07. The number of aliphatic carboxylic acids is 1. The van der Waals surface area contributed by atoms with Gasteiger partial charge < -0.3 is 5.11 Å². The highest BCUT2D eigenvalue weighted by Crippen LogP contribution is 2.11. The largest absolute Gasteiger partial charge is 0.480 e. The minimum atomic E-state index is -1.05. The molecule has 1 amide bonds. The second-order valence-corrected chi connectivity index (χ2v) is 2.87. The van der Waals surface area contributed by atoms with Crippen LogP contribution >= 0.6 is 0 Å². The van der Waals surface area contributed by atoms with Gasteiger partial charge in [0, 0.05) is 20.2 Å². The van der Waals surface area contributed by atoms with Crippen molar-refractivity contribution in [3.05, 3.63) is 12.4 Å². The van der Waals surface area contributed by atoms with Gasteiger partial charge >= 0.3 is 5.97 Å². The van der Waals surface area contributed by atoms with Gasteiger partial charge in [-0.1, -0.05) is 0 Å². The number of aromatic nitrogens is 2. The molecule has 1 aromatic rings. The second kappa shape index (κ2) is 3.91. The fraction of sp³-hybridized carbons (Fsp3) is 0.375. The van der Waals surface area contributed by atoms with Crippen LogP contribution in [0.4, 0.5) is 5.69 Å². The molecule has 6 heteroatoms. The van der Waals surface area contributed by atoms with Crippen LogP contribution in [0.25, 0.3) is 0 Å². The highest BCUT2D eigenvalue weighted by Gasteiger charge is 2.15. The van der Waals surface area contributed by atoms with Gasteiger partial charge in [0.15, 0.2) is 0 Å². The Hall–Kier alpha value is -1.85. The van der Waals surface area contributed by atoms with Crippen molar-refractivity contribution >= 4 is 17.6 Å². The lowest BCUT2D eigenvalue weighted by Gasteiger charge is -2.15. The number of hydrogen-bond acceptors (Lipinski definition) is 3. The molecule has 0 saturated carbocycles. The van der Waals surface area contributed by atoms with Crippen LogP contribution in [-0.2, 0) is 16.6 Å². The standard InChI is InChI=1S/C8H11N3O3/c1-6(12)11(5-8(13)14)7-3-9-10(2)4-7/h3-4H,5H2,1-2H3,(H,13,14). The Morgan fingerprint density at radius 2 is 2.29 bits per heavy atom. The Balaban J connectivity index is 2.88. The molecule has 0 aromatic carbocycles. The third-order valence-corrected chi connectivity index (χ3v) is 1.68. The van der Waals surface area contributed by atoms with E-state index < -0.39 is 5.97 Å². The average molecular weight is 197 g/mol. The molecule has 0 aliphatic heterocycles. The summed E-state index contributed by atoms with van der Waals surface area (Å²) in [4.78, 5) is 22.7. The van der Waals surface area contributed by atoms with E-state index in [0.29, 0.717) is 5.69 Å². The molecule has 0 fully saturated rings. The molecular formula is C8H11N3O3. The van der Waals surface area contributed by atoms with Crippen molar-refractivity contribution in [2.75, 3.05) is 11.4 Å². The molecule has 0 unspecified atom stereocenters. The number of anilines is 1. The number of nitrogens with zero attached hydrogens (tertiary/aromatic N) is 3. The highest BCUT2D eigenvalue weighted by molar-refractivity contribution is 5.95. The van der Waals surface area contributed by atoms with Crippen LogP contribution in [-0.4, -0.2) is 33.3 Å². The van der Waals surface area contributed by atoms with Gasteiger partial charge in [-0.3, -0.25) is 19.2 Å². The van der Waals surface area contributed by atoms with E-state index in [2.05, 4.69) is 5.10 Å². The molecule has 1 rings (SSSR count). The topological polar surface area (TPSA) is 75.4 Å². The molecule has 0 spiro atoms. The first-order valence-electron chi connectivity index (χ1n) is 3.99. The van der Waals surface area contributed by atoms with E-state index in [-0.39, 0.29) is 12.5 Å². The van der Waals surface area contributed by atoms with E-state index in [0.717, 1.165) is 4.90 Å². The monoisotopic (exact) mass is 197 g/mol. The van der Waals surface area contributed by atoms with Crippen molar-refractivity contribution < 1.29 is 14.7 Å². The van der Waals surface area contributed by atoms with Crippen LogP contribution in [0.2, 0.25) is 0 Å². The lowest BCUT2D eigenvalue weighted by molar-refractivity contribution is -0.136. The summed E-state index contributed by atoms with van der Waals surface area (Å²) < 4.78 is 1.51. The van der Waals surface area contributed by atoms with E-state index in [1.54, 1.807) is 13.2 Å². The average Bonchev–Trinajstić information content (AvgIpc) is 2.46.